The first kappa shape index (κ1) is 21.9. The van der Waals surface area contributed by atoms with Gasteiger partial charge in [-0.1, -0.05) is 0 Å². The van der Waals surface area contributed by atoms with Crippen molar-refractivity contribution in [1.82, 2.24) is 0 Å². The lowest BCUT2D eigenvalue weighted by Crippen LogP contribution is -1.96. The van der Waals surface area contributed by atoms with Crippen molar-refractivity contribution in [3.8, 4) is 57.1 Å². The standard InChI is InChI=1S/C23H24O8/c1-25-17-7-13(8-18(26-2)22(17)29-5)16-11-15(12-24)21(31-16)14-9-19(27-3)23(30-6)20(10-14)28-4/h7-12H,1-6H3. The van der Waals surface area contributed by atoms with E-state index in [0.29, 0.717) is 62.7 Å². The molecule has 0 spiro atoms. The zero-order valence-electron chi connectivity index (χ0n) is 18.2. The van der Waals surface area contributed by atoms with Gasteiger partial charge < -0.3 is 32.8 Å². The summed E-state index contributed by atoms with van der Waals surface area (Å²) in [5.74, 6) is 3.53. The Morgan fingerprint density at radius 3 is 1.39 bits per heavy atom. The van der Waals surface area contributed by atoms with E-state index >= 15 is 0 Å². The molecular weight excluding hydrogens is 404 g/mol. The second kappa shape index (κ2) is 9.34. The van der Waals surface area contributed by atoms with E-state index in [1.807, 2.05) is 0 Å². The van der Waals surface area contributed by atoms with Gasteiger partial charge in [-0.25, -0.2) is 0 Å². The lowest BCUT2D eigenvalue weighted by Gasteiger charge is -2.14. The van der Waals surface area contributed by atoms with Gasteiger partial charge in [0.2, 0.25) is 11.5 Å². The molecule has 0 bridgehead atoms. The first-order valence-corrected chi connectivity index (χ1v) is 9.24. The molecule has 0 amide bonds. The Labute approximate surface area is 180 Å². The van der Waals surface area contributed by atoms with Gasteiger partial charge in [0, 0.05) is 11.1 Å². The minimum absolute atomic E-state index is 0.359. The number of ether oxygens (including phenoxy) is 6. The Hall–Kier alpha value is -3.81. The van der Waals surface area contributed by atoms with Crippen LogP contribution < -0.4 is 28.4 Å². The quantitative estimate of drug-likeness (QED) is 0.461. The van der Waals surface area contributed by atoms with Gasteiger partial charge in [0.25, 0.3) is 0 Å². The molecule has 8 heteroatoms. The van der Waals surface area contributed by atoms with Crippen LogP contribution in [0.1, 0.15) is 10.4 Å². The van der Waals surface area contributed by atoms with E-state index in [0.717, 1.165) is 6.29 Å². The summed E-state index contributed by atoms with van der Waals surface area (Å²) < 4.78 is 38.5. The zero-order chi connectivity index (χ0) is 22.5. The summed E-state index contributed by atoms with van der Waals surface area (Å²) in [6.45, 7) is 0. The summed E-state index contributed by atoms with van der Waals surface area (Å²) >= 11 is 0. The van der Waals surface area contributed by atoms with Crippen molar-refractivity contribution >= 4 is 6.29 Å². The fourth-order valence-corrected chi connectivity index (χ4v) is 3.30. The fourth-order valence-electron chi connectivity index (χ4n) is 3.30. The van der Waals surface area contributed by atoms with Gasteiger partial charge in [-0.15, -0.1) is 0 Å². The Bertz CT molecular complexity index is 1030. The van der Waals surface area contributed by atoms with Crippen molar-refractivity contribution < 1.29 is 37.6 Å². The zero-order valence-corrected chi connectivity index (χ0v) is 18.2. The third-order valence-corrected chi connectivity index (χ3v) is 4.76. The molecule has 0 N–H and O–H groups in total. The summed E-state index contributed by atoms with van der Waals surface area (Å²) in [4.78, 5) is 11.8. The normalized spacial score (nSPS) is 10.4. The highest BCUT2D eigenvalue weighted by atomic mass is 16.5. The molecule has 1 aromatic heterocycles. The van der Waals surface area contributed by atoms with Gasteiger partial charge in [0.15, 0.2) is 29.3 Å². The number of rotatable bonds is 9. The maximum Gasteiger partial charge on any atom is 0.203 e. The van der Waals surface area contributed by atoms with Gasteiger partial charge >= 0.3 is 0 Å². The molecule has 0 aliphatic rings. The molecule has 0 radical (unpaired) electrons. The minimum atomic E-state index is 0.359. The Morgan fingerprint density at radius 2 is 1.03 bits per heavy atom. The van der Waals surface area contributed by atoms with Gasteiger partial charge in [-0.2, -0.15) is 0 Å². The van der Waals surface area contributed by atoms with E-state index < -0.39 is 0 Å². The number of methoxy groups -OCH3 is 6. The van der Waals surface area contributed by atoms with Crippen LogP contribution in [0.25, 0.3) is 22.6 Å². The first-order chi connectivity index (χ1) is 15.0. The molecule has 0 atom stereocenters. The van der Waals surface area contributed by atoms with Crippen molar-refractivity contribution in [2.45, 2.75) is 0 Å². The second-order valence-electron chi connectivity index (χ2n) is 6.34. The van der Waals surface area contributed by atoms with Crippen LogP contribution in [0, 0.1) is 0 Å². The summed E-state index contributed by atoms with van der Waals surface area (Å²) in [7, 11) is 9.14. The maximum atomic E-state index is 11.8. The number of carbonyl (C=O) groups excluding carboxylic acids is 1. The average Bonchev–Trinajstić information content (AvgIpc) is 3.26. The third kappa shape index (κ3) is 3.96. The third-order valence-electron chi connectivity index (χ3n) is 4.76. The summed E-state index contributed by atoms with van der Waals surface area (Å²) in [6.07, 6.45) is 0.726. The van der Waals surface area contributed by atoms with E-state index in [1.165, 1.54) is 42.7 Å². The molecule has 2 aromatic carbocycles. The molecule has 0 fully saturated rings. The SMILES string of the molecule is COc1cc(-c2cc(C=O)c(-c3cc(OC)c(OC)c(OC)c3)o2)cc(OC)c1OC. The molecule has 1 heterocycles. The van der Waals surface area contributed by atoms with Gasteiger partial charge in [-0.05, 0) is 30.3 Å². The minimum Gasteiger partial charge on any atom is -0.493 e. The van der Waals surface area contributed by atoms with Crippen LogP contribution in [0.3, 0.4) is 0 Å². The van der Waals surface area contributed by atoms with Crippen molar-refractivity contribution in [2.24, 2.45) is 0 Å². The van der Waals surface area contributed by atoms with Crippen molar-refractivity contribution in [2.75, 3.05) is 42.7 Å². The van der Waals surface area contributed by atoms with Crippen LogP contribution in [0.2, 0.25) is 0 Å². The molecule has 0 aliphatic heterocycles. The van der Waals surface area contributed by atoms with Crippen molar-refractivity contribution in [3.05, 3.63) is 35.9 Å². The van der Waals surface area contributed by atoms with Gasteiger partial charge in [0.1, 0.15) is 11.5 Å². The number of carbonyl (C=O) groups is 1. The predicted molar refractivity (Wildman–Crippen MR) is 114 cm³/mol. The monoisotopic (exact) mass is 428 g/mol. The summed E-state index contributed by atoms with van der Waals surface area (Å²) in [5, 5.41) is 0. The lowest BCUT2D eigenvalue weighted by atomic mass is 10.1. The van der Waals surface area contributed by atoms with Crippen LogP contribution in [-0.2, 0) is 0 Å². The molecule has 0 saturated heterocycles. The highest BCUT2D eigenvalue weighted by Gasteiger charge is 2.21. The summed E-state index contributed by atoms with van der Waals surface area (Å²) in [5.41, 5.74) is 1.60. The van der Waals surface area contributed by atoms with Gasteiger partial charge in [-0.3, -0.25) is 4.79 Å². The fraction of sp³-hybridized carbons (Fsp3) is 0.261. The molecule has 8 nitrogen and oxygen atoms in total. The number of benzene rings is 2. The highest BCUT2D eigenvalue weighted by molar-refractivity contribution is 5.89. The molecule has 0 unspecified atom stereocenters. The van der Waals surface area contributed by atoms with E-state index in [4.69, 9.17) is 32.8 Å². The van der Waals surface area contributed by atoms with Crippen molar-refractivity contribution in [1.29, 1.82) is 0 Å². The van der Waals surface area contributed by atoms with Crippen LogP contribution in [-0.4, -0.2) is 48.9 Å². The highest BCUT2D eigenvalue weighted by Crippen LogP contribution is 2.45. The maximum absolute atomic E-state index is 11.8. The van der Waals surface area contributed by atoms with Gasteiger partial charge in [0.05, 0.1) is 48.2 Å². The van der Waals surface area contributed by atoms with E-state index in [-0.39, 0.29) is 0 Å². The molecule has 164 valence electrons. The van der Waals surface area contributed by atoms with Crippen LogP contribution >= 0.6 is 0 Å². The van der Waals surface area contributed by atoms with Crippen LogP contribution in [0.15, 0.2) is 34.7 Å². The summed E-state index contributed by atoms with van der Waals surface area (Å²) in [6, 6.07) is 8.56. The number of hydrogen-bond donors (Lipinski definition) is 0. The first-order valence-electron chi connectivity index (χ1n) is 9.24. The average molecular weight is 428 g/mol. The van der Waals surface area contributed by atoms with Crippen LogP contribution in [0.4, 0.5) is 0 Å². The molecule has 0 aliphatic carbocycles. The second-order valence-corrected chi connectivity index (χ2v) is 6.34. The predicted octanol–water partition coefficient (Wildman–Crippen LogP) is 4.48. The molecule has 3 aromatic rings. The number of furan rings is 1. The Morgan fingerprint density at radius 1 is 0.613 bits per heavy atom. The Balaban J connectivity index is 2.18. The van der Waals surface area contributed by atoms with E-state index in [1.54, 1.807) is 30.3 Å². The molecule has 31 heavy (non-hydrogen) atoms. The Kier molecular flexibility index (Phi) is 6.59. The van der Waals surface area contributed by atoms with E-state index in [9.17, 15) is 4.79 Å². The number of aldehydes is 1. The smallest absolute Gasteiger partial charge is 0.203 e. The van der Waals surface area contributed by atoms with Crippen molar-refractivity contribution in [3.63, 3.8) is 0 Å². The lowest BCUT2D eigenvalue weighted by molar-refractivity contribution is 0.112. The molecule has 3 rings (SSSR count). The molecular formula is C23H24O8. The topological polar surface area (TPSA) is 85.6 Å². The number of hydrogen-bond acceptors (Lipinski definition) is 8. The van der Waals surface area contributed by atoms with Crippen LogP contribution in [0.5, 0.6) is 34.5 Å². The van der Waals surface area contributed by atoms with E-state index in [2.05, 4.69) is 0 Å². The largest absolute Gasteiger partial charge is 0.493 e. The molecule has 0 saturated carbocycles.